The minimum absolute atomic E-state index is 0.0875. The summed E-state index contributed by atoms with van der Waals surface area (Å²) in [4.78, 5) is 13.7. The van der Waals surface area contributed by atoms with Crippen LogP contribution < -0.4 is 5.56 Å². The Labute approximate surface area is 116 Å². The predicted octanol–water partition coefficient (Wildman–Crippen LogP) is 3.71. The van der Waals surface area contributed by atoms with E-state index < -0.39 is 0 Å². The molecule has 1 fully saturated rings. The summed E-state index contributed by atoms with van der Waals surface area (Å²) in [5.74, 6) is 0.516. The third-order valence-corrected chi connectivity index (χ3v) is 5.03. The molecule has 0 aromatic carbocycles. The number of aryl methyl sites for hydroxylation is 1. The SMILES string of the molecule is CC[C@H]1O[C@@H](n2ccc3cc(C)sc3c2=O)C[C@H]1C. The second-order valence-electron chi connectivity index (χ2n) is 5.42. The molecule has 2 aromatic heterocycles. The van der Waals surface area contributed by atoms with Gasteiger partial charge in [-0.05, 0) is 43.2 Å². The van der Waals surface area contributed by atoms with Crippen molar-refractivity contribution in [1.29, 1.82) is 0 Å². The van der Waals surface area contributed by atoms with Gasteiger partial charge in [0.2, 0.25) is 0 Å². The lowest BCUT2D eigenvalue weighted by atomic mass is 10.0. The van der Waals surface area contributed by atoms with Crippen molar-refractivity contribution in [3.05, 3.63) is 33.6 Å². The van der Waals surface area contributed by atoms with E-state index in [0.29, 0.717) is 5.92 Å². The lowest BCUT2D eigenvalue weighted by Crippen LogP contribution is -2.23. The van der Waals surface area contributed by atoms with Crippen LogP contribution in [0.5, 0.6) is 0 Å². The summed E-state index contributed by atoms with van der Waals surface area (Å²) in [5.41, 5.74) is 0.0875. The Morgan fingerprint density at radius 1 is 1.53 bits per heavy atom. The van der Waals surface area contributed by atoms with Crippen LogP contribution in [-0.2, 0) is 4.74 Å². The van der Waals surface area contributed by atoms with Gasteiger partial charge in [-0.25, -0.2) is 0 Å². The molecule has 2 aromatic rings. The summed E-state index contributed by atoms with van der Waals surface area (Å²) < 4.78 is 8.63. The Morgan fingerprint density at radius 2 is 2.32 bits per heavy atom. The van der Waals surface area contributed by atoms with Crippen molar-refractivity contribution in [3.8, 4) is 0 Å². The molecule has 0 unspecified atom stereocenters. The molecular weight excluding hydrogens is 258 g/mol. The molecule has 0 amide bonds. The van der Waals surface area contributed by atoms with Crippen LogP contribution in [0.3, 0.4) is 0 Å². The van der Waals surface area contributed by atoms with Gasteiger partial charge in [0.15, 0.2) is 0 Å². The Balaban J connectivity index is 2.02. The molecule has 0 bridgehead atoms. The van der Waals surface area contributed by atoms with E-state index in [0.717, 1.165) is 22.9 Å². The van der Waals surface area contributed by atoms with Crippen LogP contribution in [0.15, 0.2) is 23.1 Å². The van der Waals surface area contributed by atoms with Gasteiger partial charge in [0.1, 0.15) is 6.23 Å². The van der Waals surface area contributed by atoms with Crippen molar-refractivity contribution in [2.75, 3.05) is 0 Å². The monoisotopic (exact) mass is 277 g/mol. The second-order valence-corrected chi connectivity index (χ2v) is 6.68. The molecule has 102 valence electrons. The lowest BCUT2D eigenvalue weighted by Gasteiger charge is -2.15. The zero-order chi connectivity index (χ0) is 13.6. The van der Waals surface area contributed by atoms with E-state index in [9.17, 15) is 4.79 Å². The van der Waals surface area contributed by atoms with Crippen LogP contribution >= 0.6 is 11.3 Å². The van der Waals surface area contributed by atoms with Crippen molar-refractivity contribution in [2.24, 2.45) is 5.92 Å². The highest BCUT2D eigenvalue weighted by Crippen LogP contribution is 2.34. The van der Waals surface area contributed by atoms with Crippen LogP contribution in [0, 0.1) is 12.8 Å². The van der Waals surface area contributed by atoms with Crippen molar-refractivity contribution < 1.29 is 4.74 Å². The van der Waals surface area contributed by atoms with Gasteiger partial charge in [-0.15, -0.1) is 11.3 Å². The quantitative estimate of drug-likeness (QED) is 0.838. The maximum atomic E-state index is 12.5. The van der Waals surface area contributed by atoms with Crippen molar-refractivity contribution >= 4 is 21.4 Å². The number of fused-ring (bicyclic) bond motifs is 1. The topological polar surface area (TPSA) is 31.2 Å². The first-order chi connectivity index (χ1) is 9.10. The molecule has 1 aliphatic heterocycles. The largest absolute Gasteiger partial charge is 0.354 e. The van der Waals surface area contributed by atoms with E-state index in [1.807, 2.05) is 19.2 Å². The second kappa shape index (κ2) is 4.76. The molecule has 0 aliphatic carbocycles. The molecule has 0 saturated carbocycles. The smallest absolute Gasteiger partial charge is 0.270 e. The standard InChI is InChI=1S/C15H19NO2S/c1-4-12-9(2)7-13(18-12)16-6-5-11-8-10(3)19-14(11)15(16)17/h5-6,8-9,12-13H,4,7H2,1-3H3/t9-,12-,13-/m1/s1. The van der Waals surface area contributed by atoms with Crippen LogP contribution in [0.4, 0.5) is 0 Å². The molecule has 1 aliphatic rings. The van der Waals surface area contributed by atoms with Crippen LogP contribution in [-0.4, -0.2) is 10.7 Å². The van der Waals surface area contributed by atoms with Gasteiger partial charge in [-0.3, -0.25) is 9.36 Å². The van der Waals surface area contributed by atoms with Crippen molar-refractivity contribution in [3.63, 3.8) is 0 Å². The number of thiophene rings is 1. The fourth-order valence-electron chi connectivity index (χ4n) is 2.94. The third-order valence-electron chi connectivity index (χ3n) is 3.98. The number of rotatable bonds is 2. The molecule has 4 heteroatoms. The molecule has 1 saturated heterocycles. The Hall–Kier alpha value is -1.13. The molecule has 3 rings (SSSR count). The van der Waals surface area contributed by atoms with Gasteiger partial charge in [0.25, 0.3) is 5.56 Å². The molecule has 3 atom stereocenters. The fraction of sp³-hybridized carbons (Fsp3) is 0.533. The van der Waals surface area contributed by atoms with Crippen LogP contribution in [0.1, 0.15) is 37.8 Å². The number of aromatic nitrogens is 1. The van der Waals surface area contributed by atoms with Gasteiger partial charge >= 0.3 is 0 Å². The molecule has 3 nitrogen and oxygen atoms in total. The van der Waals surface area contributed by atoms with E-state index in [1.54, 1.807) is 15.9 Å². The van der Waals surface area contributed by atoms with Crippen LogP contribution in [0.2, 0.25) is 0 Å². The first kappa shape index (κ1) is 12.9. The molecule has 0 spiro atoms. The Morgan fingerprint density at radius 3 is 3.00 bits per heavy atom. The van der Waals surface area contributed by atoms with Crippen molar-refractivity contribution in [2.45, 2.75) is 45.9 Å². The van der Waals surface area contributed by atoms with Gasteiger partial charge in [-0.2, -0.15) is 0 Å². The Bertz CT molecular complexity index is 658. The van der Waals surface area contributed by atoms with E-state index in [4.69, 9.17) is 4.74 Å². The minimum atomic E-state index is -0.0979. The minimum Gasteiger partial charge on any atom is -0.354 e. The zero-order valence-electron chi connectivity index (χ0n) is 11.6. The van der Waals surface area contributed by atoms with Crippen LogP contribution in [0.25, 0.3) is 10.1 Å². The molecule has 3 heterocycles. The summed E-state index contributed by atoms with van der Waals surface area (Å²) in [5, 5.41) is 1.04. The molecule has 19 heavy (non-hydrogen) atoms. The number of hydrogen-bond donors (Lipinski definition) is 0. The van der Waals surface area contributed by atoms with E-state index >= 15 is 0 Å². The highest BCUT2D eigenvalue weighted by Gasteiger charge is 2.32. The van der Waals surface area contributed by atoms with Gasteiger partial charge in [0, 0.05) is 11.1 Å². The average Bonchev–Trinajstić information content (AvgIpc) is 2.92. The van der Waals surface area contributed by atoms with Gasteiger partial charge in [0.05, 0.1) is 10.8 Å². The highest BCUT2D eigenvalue weighted by atomic mass is 32.1. The first-order valence-electron chi connectivity index (χ1n) is 6.87. The highest BCUT2D eigenvalue weighted by molar-refractivity contribution is 7.18. The number of ether oxygens (including phenoxy) is 1. The van der Waals surface area contributed by atoms with Gasteiger partial charge < -0.3 is 4.74 Å². The fourth-order valence-corrected chi connectivity index (χ4v) is 3.88. The summed E-state index contributed by atoms with van der Waals surface area (Å²) in [6.45, 7) is 6.38. The van der Waals surface area contributed by atoms with Gasteiger partial charge in [-0.1, -0.05) is 13.8 Å². The molecular formula is C15H19NO2S. The lowest BCUT2D eigenvalue weighted by molar-refractivity contribution is -0.00652. The van der Waals surface area contributed by atoms with E-state index in [2.05, 4.69) is 19.9 Å². The third kappa shape index (κ3) is 2.13. The zero-order valence-corrected chi connectivity index (χ0v) is 12.4. The Kier molecular flexibility index (Phi) is 3.23. The summed E-state index contributed by atoms with van der Waals surface area (Å²) in [6, 6.07) is 4.09. The average molecular weight is 277 g/mol. The first-order valence-corrected chi connectivity index (χ1v) is 7.68. The number of hydrogen-bond acceptors (Lipinski definition) is 3. The van der Waals surface area contributed by atoms with Crippen molar-refractivity contribution in [1.82, 2.24) is 4.57 Å². The van der Waals surface area contributed by atoms with E-state index in [-0.39, 0.29) is 17.9 Å². The molecule has 0 radical (unpaired) electrons. The number of nitrogens with zero attached hydrogens (tertiary/aromatic N) is 1. The normalized spacial score (nSPS) is 27.2. The maximum absolute atomic E-state index is 12.5. The molecule has 0 N–H and O–H groups in total. The summed E-state index contributed by atoms with van der Waals surface area (Å²) >= 11 is 1.57. The van der Waals surface area contributed by atoms with E-state index in [1.165, 1.54) is 4.88 Å². The maximum Gasteiger partial charge on any atom is 0.270 e. The summed E-state index contributed by atoms with van der Waals surface area (Å²) in [6.07, 6.45) is 3.99. The number of pyridine rings is 1. The summed E-state index contributed by atoms with van der Waals surface area (Å²) in [7, 11) is 0. The predicted molar refractivity (Wildman–Crippen MR) is 78.8 cm³/mol.